The van der Waals surface area contributed by atoms with Crippen molar-refractivity contribution < 1.29 is 13.9 Å². The minimum Gasteiger partial charge on any atom is -0.497 e. The van der Waals surface area contributed by atoms with Gasteiger partial charge in [0.2, 0.25) is 0 Å². The number of benzene rings is 3. The number of thioether (sulfide) groups is 1. The smallest absolute Gasteiger partial charge is 0.195 e. The Morgan fingerprint density at radius 2 is 1.85 bits per heavy atom. The quantitative estimate of drug-likeness (QED) is 0.152. The van der Waals surface area contributed by atoms with Crippen LogP contribution in [0, 0.1) is 5.82 Å². The first kappa shape index (κ1) is 24.7. The number of rotatable bonds is 10. The molecule has 9 heteroatoms. The summed E-state index contributed by atoms with van der Waals surface area (Å²) >= 11 is 10.8. The SMILES string of the molecule is COc1ccc(CN(Sc2cc(Cl)c(SCc3ccccc3)cc2F)c2nccs2)c(OC)c1. The molecular formula is C25H22ClFN2O2S3. The summed E-state index contributed by atoms with van der Waals surface area (Å²) < 4.78 is 27.9. The average Bonchev–Trinajstić information content (AvgIpc) is 3.40. The summed E-state index contributed by atoms with van der Waals surface area (Å²) in [5, 5.41) is 3.16. The van der Waals surface area contributed by atoms with E-state index in [1.165, 1.54) is 41.1 Å². The lowest BCUT2D eigenvalue weighted by atomic mass is 10.2. The third kappa shape index (κ3) is 6.18. The van der Waals surface area contributed by atoms with Gasteiger partial charge in [0.05, 0.1) is 30.7 Å². The van der Waals surface area contributed by atoms with Crippen LogP contribution in [0.2, 0.25) is 5.02 Å². The van der Waals surface area contributed by atoms with Crippen molar-refractivity contribution >= 4 is 51.8 Å². The van der Waals surface area contributed by atoms with Gasteiger partial charge in [-0.25, -0.2) is 9.37 Å². The fourth-order valence-corrected chi connectivity index (χ4v) is 6.12. The van der Waals surface area contributed by atoms with Crippen molar-refractivity contribution in [2.24, 2.45) is 0 Å². The highest BCUT2D eigenvalue weighted by atomic mass is 35.5. The molecule has 0 saturated carbocycles. The molecule has 4 nitrogen and oxygen atoms in total. The van der Waals surface area contributed by atoms with Gasteiger partial charge in [0.1, 0.15) is 17.3 Å². The van der Waals surface area contributed by atoms with Crippen molar-refractivity contribution in [3.8, 4) is 11.5 Å². The van der Waals surface area contributed by atoms with Gasteiger partial charge in [0.25, 0.3) is 0 Å². The van der Waals surface area contributed by atoms with Gasteiger partial charge in [-0.2, -0.15) is 0 Å². The molecule has 0 amide bonds. The van der Waals surface area contributed by atoms with Gasteiger partial charge >= 0.3 is 0 Å². The third-order valence-corrected chi connectivity index (χ3v) is 8.37. The molecule has 0 unspecified atom stereocenters. The van der Waals surface area contributed by atoms with Crippen LogP contribution >= 0.6 is 46.6 Å². The normalized spacial score (nSPS) is 10.8. The fraction of sp³-hybridized carbons (Fsp3) is 0.160. The monoisotopic (exact) mass is 532 g/mol. The molecule has 1 aromatic heterocycles. The number of methoxy groups -OCH3 is 2. The molecule has 0 atom stereocenters. The van der Waals surface area contributed by atoms with E-state index in [0.29, 0.717) is 32.9 Å². The van der Waals surface area contributed by atoms with Crippen molar-refractivity contribution in [2.75, 3.05) is 18.5 Å². The maximum Gasteiger partial charge on any atom is 0.195 e. The van der Waals surface area contributed by atoms with E-state index in [9.17, 15) is 0 Å². The van der Waals surface area contributed by atoms with Crippen molar-refractivity contribution in [2.45, 2.75) is 22.1 Å². The Labute approximate surface area is 216 Å². The molecular weight excluding hydrogens is 511 g/mol. The van der Waals surface area contributed by atoms with Crippen LogP contribution in [0.3, 0.4) is 0 Å². The molecule has 0 radical (unpaired) electrons. The van der Waals surface area contributed by atoms with Crippen LogP contribution in [-0.2, 0) is 12.3 Å². The summed E-state index contributed by atoms with van der Waals surface area (Å²) in [6.07, 6.45) is 1.73. The second-order valence-corrected chi connectivity index (χ2v) is 10.5. The Morgan fingerprint density at radius 1 is 1.03 bits per heavy atom. The topological polar surface area (TPSA) is 34.6 Å². The molecule has 0 N–H and O–H groups in total. The molecule has 0 aliphatic carbocycles. The van der Waals surface area contributed by atoms with E-state index in [2.05, 4.69) is 4.98 Å². The van der Waals surface area contributed by atoms with Crippen molar-refractivity contribution in [3.05, 3.63) is 94.2 Å². The number of aromatic nitrogens is 1. The minimum absolute atomic E-state index is 0.326. The number of hydrogen-bond acceptors (Lipinski definition) is 7. The number of nitrogens with zero attached hydrogens (tertiary/aromatic N) is 2. The number of hydrogen-bond donors (Lipinski definition) is 0. The van der Waals surface area contributed by atoms with Gasteiger partial charge in [-0.1, -0.05) is 41.9 Å². The summed E-state index contributed by atoms with van der Waals surface area (Å²) in [6.45, 7) is 0.451. The average molecular weight is 533 g/mol. The first-order valence-corrected chi connectivity index (χ1v) is 13.3. The van der Waals surface area contributed by atoms with E-state index in [0.717, 1.165) is 22.0 Å². The summed E-state index contributed by atoms with van der Waals surface area (Å²) in [5.41, 5.74) is 2.08. The molecule has 176 valence electrons. The van der Waals surface area contributed by atoms with Gasteiger partial charge in [-0.15, -0.1) is 23.1 Å². The van der Waals surface area contributed by atoms with E-state index in [1.54, 1.807) is 26.5 Å². The highest BCUT2D eigenvalue weighted by Gasteiger charge is 2.19. The van der Waals surface area contributed by atoms with E-state index in [4.69, 9.17) is 21.1 Å². The van der Waals surface area contributed by atoms with Crippen LogP contribution in [0.5, 0.6) is 11.5 Å². The largest absolute Gasteiger partial charge is 0.497 e. The molecule has 0 bridgehead atoms. The standard InChI is InChI=1S/C25H22ClFN2O2S3/c1-30-19-9-8-18(22(12-19)31-2)15-29(25-28-10-11-32-25)34-24-13-20(26)23(14-21(24)27)33-16-17-6-4-3-5-7-17/h3-14H,15-16H2,1-2H3. The Balaban J connectivity index is 1.56. The molecule has 34 heavy (non-hydrogen) atoms. The molecule has 0 spiro atoms. The zero-order chi connectivity index (χ0) is 23.9. The minimum atomic E-state index is -0.326. The Hall–Kier alpha value is -2.39. The lowest BCUT2D eigenvalue weighted by molar-refractivity contribution is 0.391. The second-order valence-electron chi connectivity index (χ2n) is 7.11. The molecule has 0 fully saturated rings. The van der Waals surface area contributed by atoms with Crippen LogP contribution in [-0.4, -0.2) is 19.2 Å². The van der Waals surface area contributed by atoms with Crippen molar-refractivity contribution in [1.29, 1.82) is 0 Å². The molecule has 4 aromatic rings. The summed E-state index contributed by atoms with van der Waals surface area (Å²) in [6, 6.07) is 18.9. The maximum absolute atomic E-state index is 15.2. The molecule has 0 saturated heterocycles. The zero-order valence-electron chi connectivity index (χ0n) is 18.5. The van der Waals surface area contributed by atoms with Crippen LogP contribution in [0.25, 0.3) is 0 Å². The fourth-order valence-electron chi connectivity index (χ4n) is 3.16. The third-order valence-electron chi connectivity index (χ3n) is 4.87. The van der Waals surface area contributed by atoms with Crippen LogP contribution in [0.15, 0.2) is 82.0 Å². The highest BCUT2D eigenvalue weighted by molar-refractivity contribution is 8.00. The van der Waals surface area contributed by atoms with E-state index < -0.39 is 0 Å². The van der Waals surface area contributed by atoms with Gasteiger partial charge in [0.15, 0.2) is 5.13 Å². The summed E-state index contributed by atoms with van der Waals surface area (Å²) in [5.74, 6) is 1.78. The molecule has 0 aliphatic rings. The van der Waals surface area contributed by atoms with Gasteiger partial charge in [-0.05, 0) is 41.8 Å². The van der Waals surface area contributed by atoms with Crippen LogP contribution in [0.4, 0.5) is 9.52 Å². The van der Waals surface area contributed by atoms with Crippen molar-refractivity contribution in [3.63, 3.8) is 0 Å². The Kier molecular flexibility index (Phi) is 8.61. The maximum atomic E-state index is 15.2. The first-order valence-electron chi connectivity index (χ1n) is 10.3. The lowest BCUT2D eigenvalue weighted by Gasteiger charge is -2.22. The van der Waals surface area contributed by atoms with Crippen molar-refractivity contribution in [1.82, 2.24) is 4.98 Å². The van der Waals surface area contributed by atoms with Gasteiger partial charge in [-0.3, -0.25) is 4.31 Å². The number of ether oxygens (including phenoxy) is 2. The Morgan fingerprint density at radius 3 is 2.56 bits per heavy atom. The van der Waals surface area contributed by atoms with Gasteiger partial charge < -0.3 is 9.47 Å². The second kappa shape index (κ2) is 11.8. The number of thiazole rings is 1. The molecule has 4 rings (SSSR count). The van der Waals surface area contributed by atoms with E-state index >= 15 is 4.39 Å². The summed E-state index contributed by atoms with van der Waals surface area (Å²) in [7, 11) is 3.23. The van der Waals surface area contributed by atoms with E-state index in [1.807, 2.05) is 58.2 Å². The van der Waals surface area contributed by atoms with E-state index in [-0.39, 0.29) is 5.82 Å². The Bertz CT molecular complexity index is 1230. The summed E-state index contributed by atoms with van der Waals surface area (Å²) in [4.78, 5) is 5.57. The zero-order valence-corrected chi connectivity index (χ0v) is 21.7. The predicted molar refractivity (Wildman–Crippen MR) is 141 cm³/mol. The number of anilines is 1. The number of halogens is 2. The van der Waals surface area contributed by atoms with Gasteiger partial charge in [0, 0.05) is 33.9 Å². The molecule has 3 aromatic carbocycles. The highest BCUT2D eigenvalue weighted by Crippen LogP contribution is 2.39. The van der Waals surface area contributed by atoms with Crippen LogP contribution < -0.4 is 13.8 Å². The first-order chi connectivity index (χ1) is 16.6. The van der Waals surface area contributed by atoms with Crippen LogP contribution in [0.1, 0.15) is 11.1 Å². The predicted octanol–water partition coefficient (Wildman–Crippen LogP) is 7.96. The molecule has 0 aliphatic heterocycles. The lowest BCUT2D eigenvalue weighted by Crippen LogP contribution is -2.14. The molecule has 1 heterocycles.